The molecule has 1 saturated carbocycles. The Morgan fingerprint density at radius 3 is 2.24 bits per heavy atom. The molecule has 2 rings (SSSR count). The molecular formula is C14H20N2O4S. The minimum atomic E-state index is -3.62. The van der Waals surface area contributed by atoms with Gasteiger partial charge in [0.1, 0.15) is 0 Å². The number of rotatable bonds is 6. The number of hydrogen-bond acceptors (Lipinski definition) is 4. The molecule has 2 N–H and O–H groups in total. The molecular weight excluding hydrogens is 292 g/mol. The molecule has 0 aromatic heterocycles. The van der Waals surface area contributed by atoms with Gasteiger partial charge in [-0.15, -0.1) is 0 Å². The Kier molecular flexibility index (Phi) is 4.36. The van der Waals surface area contributed by atoms with Gasteiger partial charge in [-0.1, -0.05) is 0 Å². The van der Waals surface area contributed by atoms with Crippen LogP contribution in [-0.2, 0) is 10.0 Å². The third kappa shape index (κ3) is 3.25. The number of benzene rings is 1. The lowest BCUT2D eigenvalue weighted by Gasteiger charge is -2.47. The van der Waals surface area contributed by atoms with Crippen LogP contribution in [0.2, 0.25) is 0 Å². The van der Waals surface area contributed by atoms with E-state index in [1.54, 1.807) is 0 Å². The molecule has 1 aliphatic rings. The molecule has 0 heterocycles. The fraction of sp³-hybridized carbons (Fsp3) is 0.500. The maximum atomic E-state index is 12.2. The average Bonchev–Trinajstić information content (AvgIpc) is 2.37. The van der Waals surface area contributed by atoms with Gasteiger partial charge >= 0.3 is 5.97 Å². The molecule has 0 unspecified atom stereocenters. The van der Waals surface area contributed by atoms with E-state index >= 15 is 0 Å². The van der Waals surface area contributed by atoms with Crippen molar-refractivity contribution in [3.05, 3.63) is 29.8 Å². The largest absolute Gasteiger partial charge is 0.478 e. The zero-order valence-electron chi connectivity index (χ0n) is 12.2. The monoisotopic (exact) mass is 312 g/mol. The standard InChI is InChI=1S/C14H20N2O4S/c1-16(2)14(8-3-9-14)10-15-21(19,20)12-6-4-11(5-7-12)13(17)18/h4-7,15H,3,8-10H2,1-2H3,(H,17,18). The van der Waals surface area contributed by atoms with Gasteiger partial charge in [-0.05, 0) is 57.6 Å². The number of carboxylic acid groups (broad SMARTS) is 1. The number of nitrogens with one attached hydrogen (secondary N) is 1. The van der Waals surface area contributed by atoms with E-state index in [0.29, 0.717) is 6.54 Å². The van der Waals surface area contributed by atoms with Crippen LogP contribution in [0.3, 0.4) is 0 Å². The van der Waals surface area contributed by atoms with Gasteiger partial charge in [0.15, 0.2) is 0 Å². The second kappa shape index (κ2) is 5.75. The topological polar surface area (TPSA) is 86.7 Å². The molecule has 1 aromatic rings. The molecule has 1 fully saturated rings. The molecule has 0 radical (unpaired) electrons. The summed E-state index contributed by atoms with van der Waals surface area (Å²) in [5.74, 6) is -1.08. The maximum absolute atomic E-state index is 12.2. The smallest absolute Gasteiger partial charge is 0.335 e. The summed E-state index contributed by atoms with van der Waals surface area (Å²) in [4.78, 5) is 12.9. The Hall–Kier alpha value is -1.44. The summed E-state index contributed by atoms with van der Waals surface area (Å²) in [6.07, 6.45) is 3.05. The lowest BCUT2D eigenvalue weighted by Crippen LogP contribution is -2.57. The molecule has 1 aliphatic carbocycles. The number of aromatic carboxylic acids is 1. The number of nitrogens with zero attached hydrogens (tertiary/aromatic N) is 1. The molecule has 21 heavy (non-hydrogen) atoms. The zero-order chi connectivity index (χ0) is 15.7. The van der Waals surface area contributed by atoms with Crippen molar-refractivity contribution in [2.75, 3.05) is 20.6 Å². The van der Waals surface area contributed by atoms with Gasteiger partial charge in [0.2, 0.25) is 10.0 Å². The number of carboxylic acids is 1. The van der Waals surface area contributed by atoms with Crippen LogP contribution in [0.25, 0.3) is 0 Å². The summed E-state index contributed by atoms with van der Waals surface area (Å²) in [6, 6.07) is 5.22. The molecule has 6 nitrogen and oxygen atoms in total. The second-order valence-corrected chi connectivity index (χ2v) is 7.39. The van der Waals surface area contributed by atoms with Crippen LogP contribution < -0.4 is 4.72 Å². The number of carbonyl (C=O) groups is 1. The molecule has 0 saturated heterocycles. The molecule has 0 atom stereocenters. The van der Waals surface area contributed by atoms with Crippen molar-refractivity contribution < 1.29 is 18.3 Å². The highest BCUT2D eigenvalue weighted by molar-refractivity contribution is 7.89. The van der Waals surface area contributed by atoms with E-state index in [1.807, 2.05) is 14.1 Å². The van der Waals surface area contributed by atoms with Gasteiger partial charge in [-0.2, -0.15) is 0 Å². The van der Waals surface area contributed by atoms with Crippen LogP contribution >= 0.6 is 0 Å². The molecule has 1 aromatic carbocycles. The van der Waals surface area contributed by atoms with E-state index in [0.717, 1.165) is 19.3 Å². The van der Waals surface area contributed by atoms with Crippen molar-refractivity contribution in [3.8, 4) is 0 Å². The van der Waals surface area contributed by atoms with Crippen LogP contribution in [0.5, 0.6) is 0 Å². The normalized spacial score (nSPS) is 17.5. The first-order valence-electron chi connectivity index (χ1n) is 6.77. The van der Waals surface area contributed by atoms with E-state index in [-0.39, 0.29) is 16.0 Å². The van der Waals surface area contributed by atoms with Crippen LogP contribution in [0, 0.1) is 0 Å². The Morgan fingerprint density at radius 1 is 1.29 bits per heavy atom. The van der Waals surface area contributed by atoms with E-state index < -0.39 is 16.0 Å². The molecule has 0 aliphatic heterocycles. The van der Waals surface area contributed by atoms with Crippen LogP contribution in [0.1, 0.15) is 29.6 Å². The quantitative estimate of drug-likeness (QED) is 0.823. The molecule has 0 amide bonds. The third-order valence-electron chi connectivity index (χ3n) is 4.24. The third-order valence-corrected chi connectivity index (χ3v) is 5.65. The van der Waals surface area contributed by atoms with E-state index in [1.165, 1.54) is 24.3 Å². The van der Waals surface area contributed by atoms with Crippen molar-refractivity contribution in [2.45, 2.75) is 29.7 Å². The predicted molar refractivity (Wildman–Crippen MR) is 78.9 cm³/mol. The summed E-state index contributed by atoms with van der Waals surface area (Å²) >= 11 is 0. The van der Waals surface area contributed by atoms with Gasteiger partial charge in [0.05, 0.1) is 10.5 Å². The van der Waals surface area contributed by atoms with Gasteiger partial charge in [-0.3, -0.25) is 0 Å². The van der Waals surface area contributed by atoms with Crippen molar-refractivity contribution in [1.82, 2.24) is 9.62 Å². The minimum Gasteiger partial charge on any atom is -0.478 e. The van der Waals surface area contributed by atoms with E-state index in [4.69, 9.17) is 5.11 Å². The highest BCUT2D eigenvalue weighted by atomic mass is 32.2. The lowest BCUT2D eigenvalue weighted by molar-refractivity contribution is 0.0657. The minimum absolute atomic E-state index is 0.0673. The van der Waals surface area contributed by atoms with Gasteiger partial charge in [0, 0.05) is 12.1 Å². The van der Waals surface area contributed by atoms with Crippen molar-refractivity contribution in [1.29, 1.82) is 0 Å². The summed E-state index contributed by atoms with van der Waals surface area (Å²) in [7, 11) is 0.292. The first kappa shape index (κ1) is 15.9. The molecule has 7 heteroatoms. The van der Waals surface area contributed by atoms with Crippen LogP contribution in [0.4, 0.5) is 0 Å². The highest BCUT2D eigenvalue weighted by Crippen LogP contribution is 2.35. The Morgan fingerprint density at radius 2 is 1.86 bits per heavy atom. The van der Waals surface area contributed by atoms with E-state index in [9.17, 15) is 13.2 Å². The van der Waals surface area contributed by atoms with Crippen molar-refractivity contribution in [2.24, 2.45) is 0 Å². The molecule has 116 valence electrons. The van der Waals surface area contributed by atoms with Gasteiger partial charge < -0.3 is 10.0 Å². The Bertz CT molecular complexity index is 619. The fourth-order valence-corrected chi connectivity index (χ4v) is 3.58. The van der Waals surface area contributed by atoms with Crippen molar-refractivity contribution in [3.63, 3.8) is 0 Å². The SMILES string of the molecule is CN(C)C1(CNS(=O)(=O)c2ccc(C(=O)O)cc2)CCC1. The summed E-state index contributed by atoms with van der Waals surface area (Å²) in [5.41, 5.74) is -0.0358. The number of likely N-dealkylation sites (N-methyl/N-ethyl adjacent to an activating group) is 1. The van der Waals surface area contributed by atoms with Crippen LogP contribution in [-0.4, -0.2) is 50.6 Å². The molecule has 0 spiro atoms. The predicted octanol–water partition coefficient (Wildman–Crippen LogP) is 1.15. The maximum Gasteiger partial charge on any atom is 0.335 e. The van der Waals surface area contributed by atoms with Crippen molar-refractivity contribution >= 4 is 16.0 Å². The first-order valence-corrected chi connectivity index (χ1v) is 8.26. The highest BCUT2D eigenvalue weighted by Gasteiger charge is 2.39. The van der Waals surface area contributed by atoms with Gasteiger partial charge in [0.25, 0.3) is 0 Å². The zero-order valence-corrected chi connectivity index (χ0v) is 13.0. The average molecular weight is 312 g/mol. The Labute approximate surface area is 124 Å². The van der Waals surface area contributed by atoms with E-state index in [2.05, 4.69) is 9.62 Å². The fourth-order valence-electron chi connectivity index (χ4n) is 2.46. The summed E-state index contributed by atoms with van der Waals surface area (Å²) < 4.78 is 27.1. The van der Waals surface area contributed by atoms with Gasteiger partial charge in [-0.25, -0.2) is 17.9 Å². The van der Waals surface area contributed by atoms with Crippen LogP contribution in [0.15, 0.2) is 29.2 Å². The summed E-state index contributed by atoms with van der Waals surface area (Å²) in [6.45, 7) is 0.364. The molecule has 0 bridgehead atoms. The summed E-state index contributed by atoms with van der Waals surface area (Å²) in [5, 5.41) is 8.82. The number of hydrogen-bond donors (Lipinski definition) is 2. The number of sulfonamides is 1. The lowest BCUT2D eigenvalue weighted by atomic mass is 9.76. The first-order chi connectivity index (χ1) is 9.77. The Balaban J connectivity index is 2.10. The second-order valence-electron chi connectivity index (χ2n) is 5.63.